The van der Waals surface area contributed by atoms with Crippen molar-refractivity contribution in [1.82, 2.24) is 0 Å². The van der Waals surface area contributed by atoms with Gasteiger partial charge in [0, 0.05) is 4.83 Å². The molecular formula is C14H18Br2O. The van der Waals surface area contributed by atoms with Crippen molar-refractivity contribution in [2.24, 2.45) is 11.8 Å². The van der Waals surface area contributed by atoms with E-state index in [1.54, 1.807) is 0 Å². The van der Waals surface area contributed by atoms with Gasteiger partial charge in [0.2, 0.25) is 0 Å². The predicted octanol–water partition coefficient (Wildman–Crippen LogP) is 5.33. The monoisotopic (exact) mass is 360 g/mol. The molecule has 0 amide bonds. The van der Waals surface area contributed by atoms with Crippen LogP contribution in [-0.4, -0.2) is 6.61 Å². The summed E-state index contributed by atoms with van der Waals surface area (Å²) in [5.41, 5.74) is 1.33. The van der Waals surface area contributed by atoms with Crippen molar-refractivity contribution < 1.29 is 4.74 Å². The van der Waals surface area contributed by atoms with Crippen LogP contribution in [0.1, 0.15) is 37.1 Å². The van der Waals surface area contributed by atoms with Gasteiger partial charge in [0.15, 0.2) is 0 Å². The lowest BCUT2D eigenvalue weighted by atomic mass is 9.96. The second-order valence-electron chi connectivity index (χ2n) is 4.72. The second-order valence-corrected chi connectivity index (χ2v) is 6.56. The molecule has 17 heavy (non-hydrogen) atoms. The Bertz CT molecular complexity index is 388. The van der Waals surface area contributed by atoms with E-state index in [0.29, 0.717) is 17.4 Å². The first-order valence-corrected chi connectivity index (χ1v) is 7.90. The summed E-state index contributed by atoms with van der Waals surface area (Å²) in [5, 5.41) is 0. The molecule has 0 aliphatic heterocycles. The Morgan fingerprint density at radius 3 is 2.65 bits per heavy atom. The minimum atomic E-state index is 0.446. The van der Waals surface area contributed by atoms with E-state index in [2.05, 4.69) is 57.0 Å². The van der Waals surface area contributed by atoms with Crippen LogP contribution in [0.15, 0.2) is 22.7 Å². The number of halogens is 2. The predicted molar refractivity (Wildman–Crippen MR) is 78.9 cm³/mol. The SMILES string of the molecule is CCOc1ccc(C(Br)C(C)C2CC2)cc1Br. The Kier molecular flexibility index (Phi) is 4.53. The fourth-order valence-corrected chi connectivity index (χ4v) is 3.35. The highest BCUT2D eigenvalue weighted by Gasteiger charge is 2.32. The maximum atomic E-state index is 5.53. The van der Waals surface area contributed by atoms with Crippen molar-refractivity contribution in [1.29, 1.82) is 0 Å². The van der Waals surface area contributed by atoms with Crippen molar-refractivity contribution >= 4 is 31.9 Å². The average molecular weight is 362 g/mol. The number of hydrogen-bond donors (Lipinski definition) is 0. The van der Waals surface area contributed by atoms with E-state index in [1.165, 1.54) is 18.4 Å². The van der Waals surface area contributed by atoms with Gasteiger partial charge in [0.1, 0.15) is 5.75 Å². The van der Waals surface area contributed by atoms with Crippen molar-refractivity contribution in [3.63, 3.8) is 0 Å². The molecule has 1 aromatic rings. The lowest BCUT2D eigenvalue weighted by molar-refractivity contribution is 0.338. The molecule has 0 aromatic heterocycles. The second kappa shape index (κ2) is 5.75. The van der Waals surface area contributed by atoms with E-state index in [0.717, 1.165) is 16.1 Å². The zero-order valence-corrected chi connectivity index (χ0v) is 13.4. The van der Waals surface area contributed by atoms with Gasteiger partial charge in [-0.05, 0) is 65.2 Å². The molecule has 3 heteroatoms. The largest absolute Gasteiger partial charge is 0.493 e. The standard InChI is InChI=1S/C14H18Br2O/c1-3-17-13-7-6-11(8-12(13)15)14(16)9(2)10-4-5-10/h6-10,14H,3-5H2,1-2H3. The molecule has 1 aliphatic carbocycles. The maximum absolute atomic E-state index is 5.53. The van der Waals surface area contributed by atoms with Crippen LogP contribution in [-0.2, 0) is 0 Å². The number of alkyl halides is 1. The third-order valence-electron chi connectivity index (χ3n) is 3.40. The zero-order chi connectivity index (χ0) is 12.4. The molecule has 0 spiro atoms. The smallest absolute Gasteiger partial charge is 0.133 e. The minimum absolute atomic E-state index is 0.446. The fourth-order valence-electron chi connectivity index (χ4n) is 2.13. The summed E-state index contributed by atoms with van der Waals surface area (Å²) >= 11 is 7.40. The van der Waals surface area contributed by atoms with Crippen LogP contribution < -0.4 is 4.74 Å². The van der Waals surface area contributed by atoms with E-state index >= 15 is 0 Å². The van der Waals surface area contributed by atoms with Gasteiger partial charge in [-0.3, -0.25) is 0 Å². The molecule has 2 unspecified atom stereocenters. The Morgan fingerprint density at radius 2 is 2.12 bits per heavy atom. The van der Waals surface area contributed by atoms with Crippen molar-refractivity contribution in [3.8, 4) is 5.75 Å². The van der Waals surface area contributed by atoms with Crippen LogP contribution in [0, 0.1) is 11.8 Å². The van der Waals surface area contributed by atoms with E-state index < -0.39 is 0 Å². The lowest BCUT2D eigenvalue weighted by Crippen LogP contribution is -2.06. The van der Waals surface area contributed by atoms with Crippen LogP contribution in [0.2, 0.25) is 0 Å². The molecule has 0 N–H and O–H groups in total. The van der Waals surface area contributed by atoms with E-state index in [9.17, 15) is 0 Å². The quantitative estimate of drug-likeness (QED) is 0.644. The summed E-state index contributed by atoms with van der Waals surface area (Å²) in [4.78, 5) is 0.446. The number of rotatable bonds is 5. The first-order chi connectivity index (χ1) is 8.13. The Hall–Kier alpha value is -0.0200. The topological polar surface area (TPSA) is 9.23 Å². The Morgan fingerprint density at radius 1 is 1.41 bits per heavy atom. The Balaban J connectivity index is 2.12. The molecule has 2 atom stereocenters. The lowest BCUT2D eigenvalue weighted by Gasteiger charge is -2.19. The van der Waals surface area contributed by atoms with Crippen LogP contribution >= 0.6 is 31.9 Å². The van der Waals surface area contributed by atoms with Gasteiger partial charge in [-0.25, -0.2) is 0 Å². The fraction of sp³-hybridized carbons (Fsp3) is 0.571. The summed E-state index contributed by atoms with van der Waals surface area (Å²) in [5.74, 6) is 2.54. The van der Waals surface area contributed by atoms with Crippen LogP contribution in [0.5, 0.6) is 5.75 Å². The van der Waals surface area contributed by atoms with Gasteiger partial charge >= 0.3 is 0 Å². The molecule has 1 aromatic carbocycles. The molecule has 1 fully saturated rings. The van der Waals surface area contributed by atoms with Gasteiger partial charge in [-0.1, -0.05) is 28.9 Å². The Labute approximate surface area is 120 Å². The summed E-state index contributed by atoms with van der Waals surface area (Å²) in [6, 6.07) is 6.38. The van der Waals surface area contributed by atoms with Crippen molar-refractivity contribution in [3.05, 3.63) is 28.2 Å². The maximum Gasteiger partial charge on any atom is 0.133 e. The summed E-state index contributed by atoms with van der Waals surface area (Å²) in [6.07, 6.45) is 2.78. The van der Waals surface area contributed by atoms with Crippen LogP contribution in [0.4, 0.5) is 0 Å². The molecule has 94 valence electrons. The van der Waals surface area contributed by atoms with Crippen molar-refractivity contribution in [2.45, 2.75) is 31.5 Å². The first kappa shape index (κ1) is 13.4. The molecule has 1 nitrogen and oxygen atoms in total. The molecule has 1 aliphatic rings. The number of hydrogen-bond acceptors (Lipinski definition) is 1. The molecule has 0 bridgehead atoms. The summed E-state index contributed by atoms with van der Waals surface area (Å²) in [7, 11) is 0. The van der Waals surface area contributed by atoms with Gasteiger partial charge in [0.25, 0.3) is 0 Å². The number of ether oxygens (including phenoxy) is 1. The highest BCUT2D eigenvalue weighted by Crippen LogP contribution is 2.46. The third kappa shape index (κ3) is 3.25. The summed E-state index contributed by atoms with van der Waals surface area (Å²) in [6.45, 7) is 5.04. The highest BCUT2D eigenvalue weighted by molar-refractivity contribution is 9.10. The van der Waals surface area contributed by atoms with Crippen LogP contribution in [0.3, 0.4) is 0 Å². The molecule has 0 radical (unpaired) electrons. The molecular weight excluding hydrogens is 344 g/mol. The van der Waals surface area contributed by atoms with E-state index in [4.69, 9.17) is 4.74 Å². The first-order valence-electron chi connectivity index (χ1n) is 6.19. The molecule has 1 saturated carbocycles. The normalized spacial score (nSPS) is 18.8. The molecule has 0 heterocycles. The van der Waals surface area contributed by atoms with E-state index in [-0.39, 0.29) is 0 Å². The average Bonchev–Trinajstić information content (AvgIpc) is 3.14. The number of benzene rings is 1. The van der Waals surface area contributed by atoms with Crippen LogP contribution in [0.25, 0.3) is 0 Å². The minimum Gasteiger partial charge on any atom is -0.493 e. The van der Waals surface area contributed by atoms with Gasteiger partial charge in [-0.15, -0.1) is 0 Å². The van der Waals surface area contributed by atoms with Gasteiger partial charge in [-0.2, -0.15) is 0 Å². The van der Waals surface area contributed by atoms with Gasteiger partial charge < -0.3 is 4.74 Å². The van der Waals surface area contributed by atoms with E-state index in [1.807, 2.05) is 6.92 Å². The van der Waals surface area contributed by atoms with Crippen molar-refractivity contribution in [2.75, 3.05) is 6.61 Å². The zero-order valence-electron chi connectivity index (χ0n) is 10.2. The highest BCUT2D eigenvalue weighted by atomic mass is 79.9. The van der Waals surface area contributed by atoms with Gasteiger partial charge in [0.05, 0.1) is 11.1 Å². The molecule has 0 saturated heterocycles. The third-order valence-corrected chi connectivity index (χ3v) is 5.38. The molecule has 2 rings (SSSR count). The summed E-state index contributed by atoms with van der Waals surface area (Å²) < 4.78 is 6.58.